The Labute approximate surface area is 178 Å². The van der Waals surface area contributed by atoms with Crippen molar-refractivity contribution in [3.63, 3.8) is 0 Å². The molecule has 0 aliphatic carbocycles. The molecule has 1 unspecified atom stereocenters. The number of guanidine groups is 1. The van der Waals surface area contributed by atoms with Crippen LogP contribution in [-0.4, -0.2) is 47.1 Å². The average molecular weight is 413 g/mol. The topological polar surface area (TPSA) is 85.6 Å². The summed E-state index contributed by atoms with van der Waals surface area (Å²) in [7, 11) is 1.78. The maximum Gasteiger partial charge on any atom is 0.191 e. The zero-order valence-electron chi connectivity index (χ0n) is 18.0. The molecule has 1 aromatic carbocycles. The molecule has 0 spiro atoms. The van der Waals surface area contributed by atoms with Crippen LogP contribution in [-0.2, 0) is 30.8 Å². The van der Waals surface area contributed by atoms with E-state index in [2.05, 4.69) is 55.5 Å². The fourth-order valence-corrected chi connectivity index (χ4v) is 3.94. The van der Waals surface area contributed by atoms with Crippen LogP contribution in [0.4, 0.5) is 0 Å². The number of benzene rings is 1. The third-order valence-electron chi connectivity index (χ3n) is 5.67. The summed E-state index contributed by atoms with van der Waals surface area (Å²) in [6, 6.07) is 6.31. The van der Waals surface area contributed by atoms with E-state index in [9.17, 15) is 0 Å². The number of nitrogens with one attached hydrogen (secondary N) is 2. The van der Waals surface area contributed by atoms with Crippen LogP contribution in [0.25, 0.3) is 0 Å². The summed E-state index contributed by atoms with van der Waals surface area (Å²) >= 11 is 0. The molecule has 1 aromatic heterocycles. The van der Waals surface area contributed by atoms with Gasteiger partial charge >= 0.3 is 0 Å². The van der Waals surface area contributed by atoms with Crippen molar-refractivity contribution in [3.05, 3.63) is 41.0 Å². The fraction of sp³-hybridized carbons (Fsp3) is 0.591. The molecule has 30 heavy (non-hydrogen) atoms. The minimum absolute atomic E-state index is 0.131. The van der Waals surface area contributed by atoms with Crippen LogP contribution in [0.3, 0.4) is 0 Å². The molecule has 1 saturated heterocycles. The van der Waals surface area contributed by atoms with Crippen LogP contribution in [0.5, 0.6) is 5.75 Å². The Morgan fingerprint density at radius 3 is 2.97 bits per heavy atom. The second-order valence-electron chi connectivity index (χ2n) is 7.99. The van der Waals surface area contributed by atoms with E-state index >= 15 is 0 Å². The van der Waals surface area contributed by atoms with Crippen LogP contribution in [0, 0.1) is 6.92 Å². The predicted octanol–water partition coefficient (Wildman–Crippen LogP) is 2.35. The molecule has 2 aliphatic heterocycles. The SMILES string of the molecule is CN=C(NCc1ccc(C)cc1OC1CCOC1)NCc1nnc2n1CCCCC2. The van der Waals surface area contributed by atoms with Gasteiger partial charge in [-0.1, -0.05) is 18.6 Å². The van der Waals surface area contributed by atoms with Gasteiger partial charge in [0.25, 0.3) is 0 Å². The van der Waals surface area contributed by atoms with Crippen LogP contribution < -0.4 is 15.4 Å². The fourth-order valence-electron chi connectivity index (χ4n) is 3.94. The lowest BCUT2D eigenvalue weighted by atomic mass is 10.1. The maximum atomic E-state index is 6.20. The van der Waals surface area contributed by atoms with Crippen molar-refractivity contribution < 1.29 is 9.47 Å². The van der Waals surface area contributed by atoms with Gasteiger partial charge in [-0.25, -0.2) is 0 Å². The highest BCUT2D eigenvalue weighted by Crippen LogP contribution is 2.23. The predicted molar refractivity (Wildman–Crippen MR) is 116 cm³/mol. The summed E-state index contributed by atoms with van der Waals surface area (Å²) in [4.78, 5) is 4.36. The standard InChI is InChI=1S/C22H32N6O2/c1-16-7-8-17(19(12-16)30-18-9-11-29-15-18)13-24-22(23-2)25-14-21-27-26-20-6-4-3-5-10-28(20)21/h7-8,12,18H,3-6,9-11,13-15H2,1-2H3,(H2,23,24,25). The Bertz CT molecular complexity index is 873. The Hall–Kier alpha value is -2.61. The van der Waals surface area contributed by atoms with Gasteiger partial charge in [0.1, 0.15) is 17.7 Å². The van der Waals surface area contributed by atoms with Crippen LogP contribution in [0.2, 0.25) is 0 Å². The molecule has 0 saturated carbocycles. The van der Waals surface area contributed by atoms with E-state index in [0.717, 1.165) is 54.9 Å². The maximum absolute atomic E-state index is 6.20. The van der Waals surface area contributed by atoms with Crippen molar-refractivity contribution in [1.82, 2.24) is 25.4 Å². The summed E-state index contributed by atoms with van der Waals surface area (Å²) in [6.45, 7) is 5.74. The van der Waals surface area contributed by atoms with Gasteiger partial charge < -0.3 is 24.7 Å². The molecule has 1 atom stereocenters. The number of ether oxygens (including phenoxy) is 2. The van der Waals surface area contributed by atoms with E-state index in [-0.39, 0.29) is 6.10 Å². The van der Waals surface area contributed by atoms with E-state index in [1.165, 1.54) is 24.8 Å². The van der Waals surface area contributed by atoms with Gasteiger partial charge in [-0.2, -0.15) is 0 Å². The summed E-state index contributed by atoms with van der Waals surface area (Å²) < 4.78 is 13.9. The Morgan fingerprint density at radius 1 is 1.23 bits per heavy atom. The first-order chi connectivity index (χ1) is 14.7. The molecule has 0 amide bonds. The monoisotopic (exact) mass is 412 g/mol. The van der Waals surface area contributed by atoms with Crippen molar-refractivity contribution >= 4 is 5.96 Å². The number of aliphatic imine (C=N–C) groups is 1. The largest absolute Gasteiger partial charge is 0.488 e. The van der Waals surface area contributed by atoms with Gasteiger partial charge in [0, 0.05) is 38.5 Å². The smallest absolute Gasteiger partial charge is 0.191 e. The number of aryl methyl sites for hydroxylation is 2. The van der Waals surface area contributed by atoms with Crippen molar-refractivity contribution in [3.8, 4) is 5.75 Å². The van der Waals surface area contributed by atoms with Crippen LogP contribution >= 0.6 is 0 Å². The Balaban J connectivity index is 1.35. The van der Waals surface area contributed by atoms with Crippen molar-refractivity contribution in [2.45, 2.75) is 64.8 Å². The average Bonchev–Trinajstić information content (AvgIpc) is 3.33. The van der Waals surface area contributed by atoms with E-state index in [1.807, 2.05) is 0 Å². The van der Waals surface area contributed by atoms with Crippen molar-refractivity contribution in [2.75, 3.05) is 20.3 Å². The first kappa shape index (κ1) is 20.7. The second-order valence-corrected chi connectivity index (χ2v) is 7.99. The van der Waals surface area contributed by atoms with Gasteiger partial charge in [-0.3, -0.25) is 4.99 Å². The quantitative estimate of drug-likeness (QED) is 0.560. The highest BCUT2D eigenvalue weighted by Gasteiger charge is 2.19. The lowest BCUT2D eigenvalue weighted by Crippen LogP contribution is -2.37. The number of aromatic nitrogens is 3. The van der Waals surface area contributed by atoms with Gasteiger partial charge in [-0.05, 0) is 31.4 Å². The molecule has 8 nitrogen and oxygen atoms in total. The zero-order chi connectivity index (χ0) is 20.8. The summed E-state index contributed by atoms with van der Waals surface area (Å²) in [6.07, 6.45) is 5.73. The molecule has 2 aromatic rings. The molecule has 3 heterocycles. The normalized spacial score (nSPS) is 19.3. The van der Waals surface area contributed by atoms with Crippen LogP contribution in [0.15, 0.2) is 23.2 Å². The van der Waals surface area contributed by atoms with Crippen molar-refractivity contribution in [1.29, 1.82) is 0 Å². The Kier molecular flexibility index (Phi) is 6.84. The first-order valence-corrected chi connectivity index (χ1v) is 10.9. The third kappa shape index (κ3) is 5.11. The molecule has 8 heteroatoms. The highest BCUT2D eigenvalue weighted by molar-refractivity contribution is 5.79. The number of hydrogen-bond acceptors (Lipinski definition) is 5. The van der Waals surface area contributed by atoms with Crippen molar-refractivity contribution in [2.24, 2.45) is 4.99 Å². The highest BCUT2D eigenvalue weighted by atomic mass is 16.5. The molecule has 162 valence electrons. The van der Waals surface area contributed by atoms with Crippen LogP contribution in [0.1, 0.15) is 48.5 Å². The molecule has 1 fully saturated rings. The Morgan fingerprint density at radius 2 is 2.13 bits per heavy atom. The molecular weight excluding hydrogens is 380 g/mol. The van der Waals surface area contributed by atoms with E-state index in [4.69, 9.17) is 9.47 Å². The summed E-state index contributed by atoms with van der Waals surface area (Å²) in [5.41, 5.74) is 2.29. The van der Waals surface area contributed by atoms with Gasteiger partial charge in [-0.15, -0.1) is 10.2 Å². The molecule has 2 N–H and O–H groups in total. The molecular formula is C22H32N6O2. The number of hydrogen-bond donors (Lipinski definition) is 2. The summed E-state index contributed by atoms with van der Waals surface area (Å²) in [5.74, 6) is 3.72. The minimum atomic E-state index is 0.131. The number of nitrogens with zero attached hydrogens (tertiary/aromatic N) is 4. The lowest BCUT2D eigenvalue weighted by Gasteiger charge is -2.18. The van der Waals surface area contributed by atoms with Gasteiger partial charge in [0.05, 0.1) is 19.8 Å². The lowest BCUT2D eigenvalue weighted by molar-refractivity contribution is 0.140. The van der Waals surface area contributed by atoms with E-state index in [0.29, 0.717) is 19.7 Å². The van der Waals surface area contributed by atoms with Gasteiger partial charge in [0.15, 0.2) is 11.8 Å². The van der Waals surface area contributed by atoms with Gasteiger partial charge in [0.2, 0.25) is 0 Å². The molecule has 2 aliphatic rings. The number of rotatable bonds is 6. The third-order valence-corrected chi connectivity index (χ3v) is 5.67. The molecule has 0 radical (unpaired) electrons. The van der Waals surface area contributed by atoms with E-state index in [1.54, 1.807) is 7.05 Å². The zero-order valence-corrected chi connectivity index (χ0v) is 18.0. The second kappa shape index (κ2) is 9.93. The number of fused-ring (bicyclic) bond motifs is 1. The first-order valence-electron chi connectivity index (χ1n) is 10.9. The van der Waals surface area contributed by atoms with E-state index < -0.39 is 0 Å². The molecule has 0 bridgehead atoms. The molecule has 4 rings (SSSR count). The minimum Gasteiger partial charge on any atom is -0.488 e. The summed E-state index contributed by atoms with van der Waals surface area (Å²) in [5, 5.41) is 15.5.